The standard InChI is InChI=1S/C29H35N3O4/c1-18(2)36-24-16-21-20(15-23(24)34-6)9-12-31-26(21)25(19-7-10-30-11-8-19)22-17-35-14-13-32(29(3,4)5)28(33)27(22)31/h7-8,10-11,15-16,18H,9,12-14,17H2,1-6H3. The van der Waals surface area contributed by atoms with Crippen LogP contribution in [0.5, 0.6) is 11.5 Å². The van der Waals surface area contributed by atoms with Crippen LogP contribution in [0.1, 0.15) is 56.2 Å². The van der Waals surface area contributed by atoms with E-state index in [1.165, 1.54) is 5.56 Å². The van der Waals surface area contributed by atoms with E-state index in [0.717, 1.165) is 45.8 Å². The first-order valence-electron chi connectivity index (χ1n) is 12.6. The number of hydrogen-bond donors (Lipinski definition) is 0. The van der Waals surface area contributed by atoms with Crippen molar-refractivity contribution in [2.75, 3.05) is 20.3 Å². The molecule has 0 N–H and O–H groups in total. The average Bonchev–Trinajstić information content (AvgIpc) is 3.15. The highest BCUT2D eigenvalue weighted by atomic mass is 16.5. The van der Waals surface area contributed by atoms with Crippen molar-refractivity contribution in [2.45, 2.75) is 65.8 Å². The summed E-state index contributed by atoms with van der Waals surface area (Å²) < 4.78 is 20.2. The maximum absolute atomic E-state index is 14.2. The second-order valence-electron chi connectivity index (χ2n) is 10.7. The number of methoxy groups -OCH3 is 1. The van der Waals surface area contributed by atoms with Gasteiger partial charge in [-0.2, -0.15) is 0 Å². The first kappa shape index (κ1) is 24.4. The SMILES string of the molecule is COc1cc2c(cc1OC(C)C)-c1c(-c3ccncc3)c3c(n1CC2)C(=O)N(C(C)(C)C)CCOC3. The first-order valence-corrected chi connectivity index (χ1v) is 12.6. The molecular formula is C29H35N3O4. The van der Waals surface area contributed by atoms with Gasteiger partial charge in [-0.1, -0.05) is 0 Å². The number of pyridine rings is 1. The number of amides is 1. The second kappa shape index (κ2) is 9.28. The summed E-state index contributed by atoms with van der Waals surface area (Å²) in [6.07, 6.45) is 4.39. The Morgan fingerprint density at radius 3 is 2.47 bits per heavy atom. The molecule has 2 aliphatic heterocycles. The van der Waals surface area contributed by atoms with Crippen molar-refractivity contribution < 1.29 is 19.0 Å². The molecule has 4 heterocycles. The van der Waals surface area contributed by atoms with Crippen LogP contribution in [0.25, 0.3) is 22.4 Å². The number of aryl methyl sites for hydroxylation is 1. The molecule has 5 rings (SSSR count). The maximum atomic E-state index is 14.2. The Morgan fingerprint density at radius 2 is 1.81 bits per heavy atom. The Morgan fingerprint density at radius 1 is 1.06 bits per heavy atom. The predicted molar refractivity (Wildman–Crippen MR) is 140 cm³/mol. The highest BCUT2D eigenvalue weighted by molar-refractivity contribution is 6.01. The molecule has 0 fully saturated rings. The number of aromatic nitrogens is 2. The van der Waals surface area contributed by atoms with Crippen LogP contribution >= 0.6 is 0 Å². The van der Waals surface area contributed by atoms with Crippen molar-refractivity contribution in [1.82, 2.24) is 14.5 Å². The van der Waals surface area contributed by atoms with Crippen LogP contribution in [-0.4, -0.2) is 52.3 Å². The van der Waals surface area contributed by atoms with Gasteiger partial charge in [0, 0.05) is 47.7 Å². The summed E-state index contributed by atoms with van der Waals surface area (Å²) in [6.45, 7) is 12.4. The highest BCUT2D eigenvalue weighted by Crippen LogP contribution is 2.47. The summed E-state index contributed by atoms with van der Waals surface area (Å²) in [5.41, 5.74) is 6.64. The van der Waals surface area contributed by atoms with Crippen molar-refractivity contribution in [1.29, 1.82) is 0 Å². The molecule has 190 valence electrons. The van der Waals surface area contributed by atoms with Crippen LogP contribution < -0.4 is 9.47 Å². The number of carbonyl (C=O) groups excluding carboxylic acids is 1. The zero-order valence-electron chi connectivity index (χ0n) is 22.1. The lowest BCUT2D eigenvalue weighted by molar-refractivity contribution is 0.0336. The van der Waals surface area contributed by atoms with E-state index < -0.39 is 0 Å². The van der Waals surface area contributed by atoms with E-state index in [2.05, 4.69) is 42.5 Å². The van der Waals surface area contributed by atoms with Gasteiger partial charge < -0.3 is 23.7 Å². The zero-order chi connectivity index (χ0) is 25.6. The number of rotatable bonds is 4. The number of hydrogen-bond acceptors (Lipinski definition) is 5. The fraction of sp³-hybridized carbons (Fsp3) is 0.448. The summed E-state index contributed by atoms with van der Waals surface area (Å²) >= 11 is 0. The Labute approximate surface area is 213 Å². The summed E-state index contributed by atoms with van der Waals surface area (Å²) in [4.78, 5) is 20.3. The molecule has 0 saturated heterocycles. The van der Waals surface area contributed by atoms with Gasteiger partial charge in [-0.05, 0) is 76.4 Å². The molecule has 0 aliphatic carbocycles. The molecule has 36 heavy (non-hydrogen) atoms. The molecule has 7 heteroatoms. The Hall–Kier alpha value is -3.32. The minimum atomic E-state index is -0.325. The van der Waals surface area contributed by atoms with E-state index >= 15 is 0 Å². The van der Waals surface area contributed by atoms with E-state index in [0.29, 0.717) is 32.1 Å². The maximum Gasteiger partial charge on any atom is 0.271 e. The van der Waals surface area contributed by atoms with Gasteiger partial charge in [0.05, 0.1) is 32.1 Å². The number of nitrogens with zero attached hydrogens (tertiary/aromatic N) is 3. The summed E-state index contributed by atoms with van der Waals surface area (Å²) in [6, 6.07) is 8.16. The largest absolute Gasteiger partial charge is 0.493 e. The van der Waals surface area contributed by atoms with E-state index in [1.807, 2.05) is 30.9 Å². The second-order valence-corrected chi connectivity index (χ2v) is 10.7. The fourth-order valence-corrected chi connectivity index (χ4v) is 5.36. The van der Waals surface area contributed by atoms with E-state index in [-0.39, 0.29) is 17.6 Å². The number of benzene rings is 1. The quantitative estimate of drug-likeness (QED) is 0.495. The summed E-state index contributed by atoms with van der Waals surface area (Å²) in [5.74, 6) is 1.48. The molecule has 0 radical (unpaired) electrons. The Balaban J connectivity index is 1.82. The van der Waals surface area contributed by atoms with Gasteiger partial charge in [0.1, 0.15) is 5.69 Å². The van der Waals surface area contributed by atoms with Gasteiger partial charge in [0.25, 0.3) is 5.91 Å². The smallest absolute Gasteiger partial charge is 0.271 e. The normalized spacial score (nSPS) is 15.6. The van der Waals surface area contributed by atoms with Crippen LogP contribution in [0.15, 0.2) is 36.7 Å². The van der Waals surface area contributed by atoms with Crippen molar-refractivity contribution >= 4 is 5.91 Å². The molecule has 1 amide bonds. The van der Waals surface area contributed by atoms with Crippen molar-refractivity contribution in [3.05, 3.63) is 53.5 Å². The third-order valence-electron chi connectivity index (χ3n) is 6.91. The minimum absolute atomic E-state index is 0.00236. The molecular weight excluding hydrogens is 454 g/mol. The van der Waals surface area contributed by atoms with Gasteiger partial charge in [-0.25, -0.2) is 0 Å². The van der Waals surface area contributed by atoms with Crippen LogP contribution in [0.4, 0.5) is 0 Å². The first-order chi connectivity index (χ1) is 17.2. The lowest BCUT2D eigenvalue weighted by atomic mass is 9.92. The monoisotopic (exact) mass is 489 g/mol. The molecule has 3 aromatic rings. The average molecular weight is 490 g/mol. The molecule has 0 unspecified atom stereocenters. The molecule has 1 aromatic carbocycles. The molecule has 2 aromatic heterocycles. The topological polar surface area (TPSA) is 65.8 Å². The van der Waals surface area contributed by atoms with Crippen molar-refractivity contribution in [3.63, 3.8) is 0 Å². The third kappa shape index (κ3) is 4.15. The van der Waals surface area contributed by atoms with Crippen LogP contribution in [-0.2, 0) is 24.3 Å². The Kier molecular flexibility index (Phi) is 6.29. The zero-order valence-corrected chi connectivity index (χ0v) is 22.1. The van der Waals surface area contributed by atoms with Gasteiger partial charge in [-0.3, -0.25) is 9.78 Å². The minimum Gasteiger partial charge on any atom is -0.493 e. The van der Waals surface area contributed by atoms with Crippen LogP contribution in [0.2, 0.25) is 0 Å². The highest BCUT2D eigenvalue weighted by Gasteiger charge is 2.37. The molecule has 0 spiro atoms. The van der Waals surface area contributed by atoms with Gasteiger partial charge in [0.15, 0.2) is 11.5 Å². The van der Waals surface area contributed by atoms with Gasteiger partial charge in [0.2, 0.25) is 0 Å². The Bertz CT molecular complexity index is 1290. The van der Waals surface area contributed by atoms with Gasteiger partial charge in [-0.15, -0.1) is 0 Å². The third-order valence-corrected chi connectivity index (χ3v) is 6.91. The molecule has 0 bridgehead atoms. The molecule has 0 saturated carbocycles. The fourth-order valence-electron chi connectivity index (χ4n) is 5.36. The van der Waals surface area contributed by atoms with E-state index in [4.69, 9.17) is 14.2 Å². The molecule has 0 atom stereocenters. The van der Waals surface area contributed by atoms with Crippen LogP contribution in [0.3, 0.4) is 0 Å². The number of ether oxygens (including phenoxy) is 3. The predicted octanol–water partition coefficient (Wildman–Crippen LogP) is 5.34. The lowest BCUT2D eigenvalue weighted by Gasteiger charge is -2.37. The number of fused-ring (bicyclic) bond motifs is 5. The summed E-state index contributed by atoms with van der Waals surface area (Å²) in [7, 11) is 1.67. The van der Waals surface area contributed by atoms with E-state index in [9.17, 15) is 4.79 Å². The van der Waals surface area contributed by atoms with Crippen molar-refractivity contribution in [2.24, 2.45) is 0 Å². The van der Waals surface area contributed by atoms with E-state index in [1.54, 1.807) is 19.5 Å². The molecule has 7 nitrogen and oxygen atoms in total. The number of carbonyl (C=O) groups is 1. The lowest BCUT2D eigenvalue weighted by Crippen LogP contribution is -2.49. The van der Waals surface area contributed by atoms with Gasteiger partial charge >= 0.3 is 0 Å². The van der Waals surface area contributed by atoms with Crippen LogP contribution in [0, 0.1) is 0 Å². The van der Waals surface area contributed by atoms with Crippen molar-refractivity contribution in [3.8, 4) is 33.9 Å². The molecule has 2 aliphatic rings. The summed E-state index contributed by atoms with van der Waals surface area (Å²) in [5, 5.41) is 0.